The highest BCUT2D eigenvalue weighted by Gasteiger charge is 2.50. The molecule has 34 heavy (non-hydrogen) atoms. The molecule has 8 heteroatoms. The third-order valence-electron chi connectivity index (χ3n) is 5.20. The van der Waals surface area contributed by atoms with Crippen molar-refractivity contribution in [2.75, 3.05) is 13.2 Å². The zero-order valence-corrected chi connectivity index (χ0v) is 24.5. The van der Waals surface area contributed by atoms with Crippen molar-refractivity contribution in [1.82, 2.24) is 10.1 Å². The summed E-state index contributed by atoms with van der Waals surface area (Å²) < 4.78 is 23.8. The molecule has 0 amide bonds. The molecule has 0 saturated heterocycles. The first-order valence-electron chi connectivity index (χ1n) is 12.3. The number of rotatable bonds is 10. The van der Waals surface area contributed by atoms with Gasteiger partial charge in [-0.3, -0.25) is 4.57 Å². The van der Waals surface area contributed by atoms with Gasteiger partial charge in [-0.2, -0.15) is 10.1 Å². The zero-order valence-electron chi connectivity index (χ0n) is 23.6. The summed E-state index contributed by atoms with van der Waals surface area (Å²) in [4.78, 5) is 0. The molecule has 0 spiro atoms. The van der Waals surface area contributed by atoms with Crippen molar-refractivity contribution in [3.63, 3.8) is 0 Å². The monoisotopic (exact) mass is 502 g/mol. The first-order chi connectivity index (χ1) is 15.4. The van der Waals surface area contributed by atoms with Crippen LogP contribution in [0.5, 0.6) is 0 Å². The van der Waals surface area contributed by atoms with Crippen LogP contribution in [0.4, 0.5) is 0 Å². The summed E-state index contributed by atoms with van der Waals surface area (Å²) in [6.45, 7) is 23.7. The van der Waals surface area contributed by atoms with E-state index in [4.69, 9.17) is 9.05 Å². The summed E-state index contributed by atoms with van der Waals surface area (Å²) in [5, 5.41) is 23.1. The Bertz CT molecular complexity index is 719. The van der Waals surface area contributed by atoms with E-state index in [1.807, 2.05) is 73.6 Å². The van der Waals surface area contributed by atoms with E-state index in [-0.39, 0.29) is 25.3 Å². The molecule has 0 aliphatic carbocycles. The topological polar surface area (TPSA) is 82.5 Å². The van der Waals surface area contributed by atoms with E-state index in [1.165, 1.54) is 10.6 Å². The van der Waals surface area contributed by atoms with Gasteiger partial charge in [0.15, 0.2) is 0 Å². The van der Waals surface area contributed by atoms with Gasteiger partial charge in [-0.05, 0) is 65.4 Å². The Morgan fingerprint density at radius 1 is 0.882 bits per heavy atom. The zero-order chi connectivity index (χ0) is 26.9. The van der Waals surface area contributed by atoms with E-state index in [0.29, 0.717) is 5.92 Å². The second kappa shape index (κ2) is 14.1. The standard InChI is InChI=1S/C13H30NO4P.C13H21NO/c1-9-17-19(16,18-10-2)11(12(3,4)5)14(15)13(6,7)8;1-10(2)13(14(15)11(3)4)12-8-6-5-7-9-12/h11,15H,9-10H2,1-8H3;5-11,13,15H,1-4H3. The number of hydrogen-bond donors (Lipinski definition) is 2. The van der Waals surface area contributed by atoms with Gasteiger partial charge in [-0.1, -0.05) is 65.0 Å². The molecule has 1 aromatic carbocycles. The summed E-state index contributed by atoms with van der Waals surface area (Å²) in [5.74, 6) is -0.334. The van der Waals surface area contributed by atoms with Gasteiger partial charge in [0.2, 0.25) is 0 Å². The predicted octanol–water partition coefficient (Wildman–Crippen LogP) is 7.60. The van der Waals surface area contributed by atoms with Crippen molar-refractivity contribution in [3.05, 3.63) is 35.9 Å². The minimum Gasteiger partial charge on any atom is -0.313 e. The normalized spacial score (nSPS) is 15.0. The molecule has 2 atom stereocenters. The van der Waals surface area contributed by atoms with Crippen LogP contribution in [0.25, 0.3) is 0 Å². The van der Waals surface area contributed by atoms with Crippen molar-refractivity contribution in [3.8, 4) is 0 Å². The van der Waals surface area contributed by atoms with Gasteiger partial charge >= 0.3 is 7.60 Å². The lowest BCUT2D eigenvalue weighted by molar-refractivity contribution is -0.191. The van der Waals surface area contributed by atoms with E-state index < -0.39 is 24.3 Å². The Morgan fingerprint density at radius 2 is 1.32 bits per heavy atom. The van der Waals surface area contributed by atoms with Crippen LogP contribution in [-0.4, -0.2) is 51.1 Å². The molecule has 1 rings (SSSR count). The molecule has 0 aromatic heterocycles. The molecule has 1 aromatic rings. The summed E-state index contributed by atoms with van der Waals surface area (Å²) in [5.41, 5.74) is 0.160. The van der Waals surface area contributed by atoms with E-state index >= 15 is 0 Å². The first kappa shape index (κ1) is 33.2. The highest BCUT2D eigenvalue weighted by Crippen LogP contribution is 2.60. The van der Waals surface area contributed by atoms with Crippen LogP contribution in [0.3, 0.4) is 0 Å². The van der Waals surface area contributed by atoms with Gasteiger partial charge in [0.05, 0.1) is 19.3 Å². The third-order valence-corrected chi connectivity index (χ3v) is 8.03. The van der Waals surface area contributed by atoms with Gasteiger partial charge in [-0.15, -0.1) is 0 Å². The summed E-state index contributed by atoms with van der Waals surface area (Å²) in [6, 6.07) is 10.4. The lowest BCUT2D eigenvalue weighted by atomic mass is 9.94. The maximum absolute atomic E-state index is 13.0. The van der Waals surface area contributed by atoms with E-state index in [2.05, 4.69) is 26.0 Å². The van der Waals surface area contributed by atoms with Crippen LogP contribution in [0, 0.1) is 11.3 Å². The highest BCUT2D eigenvalue weighted by molar-refractivity contribution is 7.54. The highest BCUT2D eigenvalue weighted by atomic mass is 31.2. The molecule has 0 aliphatic heterocycles. The molecular formula is C26H51N2O5P. The van der Waals surface area contributed by atoms with Gasteiger partial charge < -0.3 is 19.5 Å². The van der Waals surface area contributed by atoms with Crippen LogP contribution in [0.2, 0.25) is 0 Å². The maximum Gasteiger partial charge on any atom is 0.350 e. The minimum absolute atomic E-state index is 0.0752. The second-order valence-electron chi connectivity index (χ2n) is 11.2. The minimum atomic E-state index is -3.43. The second-order valence-corrected chi connectivity index (χ2v) is 13.3. The lowest BCUT2D eigenvalue weighted by Gasteiger charge is -2.44. The molecule has 0 radical (unpaired) electrons. The average molecular weight is 503 g/mol. The third kappa shape index (κ3) is 10.1. The molecule has 0 heterocycles. The molecule has 0 fully saturated rings. The molecule has 2 unspecified atom stereocenters. The lowest BCUT2D eigenvalue weighted by Crippen LogP contribution is -2.51. The summed E-state index contributed by atoms with van der Waals surface area (Å²) >= 11 is 0. The molecule has 2 N–H and O–H groups in total. The SMILES string of the molecule is CC(C)C(c1ccccc1)N(O)C(C)C.CCOP(=O)(OCC)C(N(O)C(C)(C)C)C(C)(C)C. The number of benzene rings is 1. The van der Waals surface area contributed by atoms with Crippen molar-refractivity contribution in [2.24, 2.45) is 11.3 Å². The fourth-order valence-electron chi connectivity index (χ4n) is 3.69. The maximum atomic E-state index is 13.0. The van der Waals surface area contributed by atoms with Gasteiger partial charge in [0, 0.05) is 11.6 Å². The molecule has 0 aliphatic rings. The van der Waals surface area contributed by atoms with Gasteiger partial charge in [0.1, 0.15) is 5.78 Å². The summed E-state index contributed by atoms with van der Waals surface area (Å²) in [7, 11) is -3.43. The predicted molar refractivity (Wildman–Crippen MR) is 140 cm³/mol. The Morgan fingerprint density at radius 3 is 1.62 bits per heavy atom. The summed E-state index contributed by atoms with van der Waals surface area (Å²) in [6.07, 6.45) is 0. The fraction of sp³-hybridized carbons (Fsp3) is 0.769. The van der Waals surface area contributed by atoms with Crippen LogP contribution in [-0.2, 0) is 13.6 Å². The van der Waals surface area contributed by atoms with Crippen LogP contribution >= 0.6 is 7.60 Å². The molecule has 200 valence electrons. The molecule has 7 nitrogen and oxygen atoms in total. The van der Waals surface area contributed by atoms with E-state index in [9.17, 15) is 15.0 Å². The average Bonchev–Trinajstić information content (AvgIpc) is 2.67. The van der Waals surface area contributed by atoms with Gasteiger partial charge in [-0.25, -0.2) is 0 Å². The van der Waals surface area contributed by atoms with E-state index in [0.717, 1.165) is 5.06 Å². The largest absolute Gasteiger partial charge is 0.350 e. The molecule has 0 bridgehead atoms. The van der Waals surface area contributed by atoms with Crippen molar-refractivity contribution in [2.45, 2.75) is 106 Å². The quantitative estimate of drug-likeness (QED) is 0.252. The smallest absolute Gasteiger partial charge is 0.313 e. The number of hydrogen-bond acceptors (Lipinski definition) is 7. The number of hydroxylamine groups is 4. The Labute approximate surface area is 208 Å². The van der Waals surface area contributed by atoms with Crippen molar-refractivity contribution >= 4 is 7.60 Å². The van der Waals surface area contributed by atoms with Crippen LogP contribution in [0.1, 0.15) is 94.7 Å². The van der Waals surface area contributed by atoms with E-state index in [1.54, 1.807) is 13.8 Å². The molecule has 0 saturated carbocycles. The van der Waals surface area contributed by atoms with Crippen LogP contribution in [0.15, 0.2) is 30.3 Å². The molecular weight excluding hydrogens is 451 g/mol. The Kier molecular flexibility index (Phi) is 13.7. The van der Waals surface area contributed by atoms with Gasteiger partial charge in [0.25, 0.3) is 0 Å². The van der Waals surface area contributed by atoms with Crippen molar-refractivity contribution in [1.29, 1.82) is 0 Å². The Balaban J connectivity index is 0.000000657. The Hall–Kier alpha value is -0.790. The van der Waals surface area contributed by atoms with Crippen LogP contribution < -0.4 is 0 Å². The fourth-order valence-corrected chi connectivity index (χ4v) is 6.33. The van der Waals surface area contributed by atoms with Crippen molar-refractivity contribution < 1.29 is 24.0 Å². The number of nitrogens with zero attached hydrogens (tertiary/aromatic N) is 2. The first-order valence-corrected chi connectivity index (χ1v) is 13.9.